The lowest BCUT2D eigenvalue weighted by molar-refractivity contribution is -1.05. The van der Waals surface area contributed by atoms with Gasteiger partial charge in [-0.1, -0.05) is 66.7 Å². The third-order valence-electron chi connectivity index (χ3n) is 11.0. The van der Waals surface area contributed by atoms with E-state index in [9.17, 15) is 0 Å². The Kier molecular flexibility index (Phi) is 3.36. The Balaban J connectivity index is 1.36. The Morgan fingerprint density at radius 3 is 2.43 bits per heavy atom. The first kappa shape index (κ1) is 22.6. The molecule has 0 saturated heterocycles. The number of aryl methyl sites for hydroxylation is 1. The molecule has 0 aliphatic carbocycles. The molecule has 5 aliphatic heterocycles. The van der Waals surface area contributed by atoms with E-state index in [4.69, 9.17) is 14.8 Å². The maximum absolute atomic E-state index is 6.89. The van der Waals surface area contributed by atoms with Crippen molar-refractivity contribution in [2.45, 2.75) is 6.92 Å². The summed E-state index contributed by atoms with van der Waals surface area (Å²) in [6.45, 7) is 2.08. The van der Waals surface area contributed by atoms with Crippen LogP contribution in [0.25, 0.3) is 50.3 Å². The minimum Gasteiger partial charge on any atom is -0.394 e. The molecule has 4 aromatic carbocycles. The van der Waals surface area contributed by atoms with E-state index < -0.39 is 8.07 Å². The first-order chi connectivity index (χ1) is 22.7. The van der Waals surface area contributed by atoms with Crippen molar-refractivity contribution in [3.63, 3.8) is 0 Å². The Labute approximate surface area is 262 Å². The van der Waals surface area contributed by atoms with Crippen LogP contribution in [0.3, 0.4) is 0 Å². The van der Waals surface area contributed by atoms with Crippen molar-refractivity contribution in [3.05, 3.63) is 121 Å². The molecule has 46 heavy (non-hydrogen) atoms. The minimum absolute atomic E-state index is 0.186. The molecule has 4 aromatic heterocycles. The summed E-state index contributed by atoms with van der Waals surface area (Å²) in [5.74, 6) is 1.61. The Hall–Kier alpha value is -5.90. The summed E-state index contributed by atoms with van der Waals surface area (Å²) in [7, 11) is -2.81. The van der Waals surface area contributed by atoms with E-state index in [1.807, 2.05) is 6.20 Å². The number of para-hydroxylation sites is 1. The highest BCUT2D eigenvalue weighted by Crippen LogP contribution is 2.51. The smallest absolute Gasteiger partial charge is 0.394 e. The van der Waals surface area contributed by atoms with Gasteiger partial charge in [0, 0.05) is 25.9 Å². The van der Waals surface area contributed by atoms with Crippen molar-refractivity contribution in [3.8, 4) is 39.8 Å². The van der Waals surface area contributed by atoms with Gasteiger partial charge in [0.2, 0.25) is 21.9 Å². The van der Waals surface area contributed by atoms with Crippen LogP contribution in [-0.2, 0) is 0 Å². The number of quaternary nitrogens is 1. The van der Waals surface area contributed by atoms with Crippen molar-refractivity contribution in [1.29, 1.82) is 0 Å². The fourth-order valence-corrected chi connectivity index (χ4v) is 15.2. The highest BCUT2D eigenvalue weighted by atomic mass is 28.3. The number of benzene rings is 4. The fourth-order valence-electron chi connectivity index (χ4n) is 9.66. The van der Waals surface area contributed by atoms with E-state index in [0.717, 1.165) is 45.6 Å². The van der Waals surface area contributed by atoms with Crippen LogP contribution in [0.5, 0.6) is 11.6 Å². The maximum atomic E-state index is 6.89. The maximum Gasteiger partial charge on any atom is 0.438 e. The predicted molar refractivity (Wildman–Crippen MR) is 176 cm³/mol. The summed E-state index contributed by atoms with van der Waals surface area (Å²) < 4.78 is 14.0. The second-order valence-electron chi connectivity index (χ2n) is 12.9. The molecule has 0 bridgehead atoms. The minimum atomic E-state index is -2.81. The van der Waals surface area contributed by atoms with E-state index in [1.165, 1.54) is 48.5 Å². The number of nitrogens with zero attached hydrogens (tertiary/aromatic N) is 7. The van der Waals surface area contributed by atoms with Gasteiger partial charge < -0.3 is 4.74 Å². The molecule has 0 fully saturated rings. The molecule has 0 radical (unpaired) electrons. The Morgan fingerprint density at radius 1 is 0.804 bits per heavy atom. The van der Waals surface area contributed by atoms with E-state index in [0.29, 0.717) is 0 Å². The quantitative estimate of drug-likeness (QED) is 0.151. The first-order valence-corrected chi connectivity index (χ1v) is 17.7. The van der Waals surface area contributed by atoms with Gasteiger partial charge in [0.1, 0.15) is 10.2 Å². The van der Waals surface area contributed by atoms with Gasteiger partial charge in [0.25, 0.3) is 0 Å². The van der Waals surface area contributed by atoms with Crippen LogP contribution in [-0.4, -0.2) is 27.5 Å². The molecule has 9 heterocycles. The van der Waals surface area contributed by atoms with E-state index in [1.54, 1.807) is 0 Å². The fraction of sp³-hybridized carbons (Fsp3) is 0.0270. The first-order valence-electron chi connectivity index (χ1n) is 15.7. The molecular weight excluding hydrogens is 587 g/mol. The molecule has 8 aromatic rings. The monoisotopic (exact) mass is 608 g/mol. The molecule has 1 unspecified atom stereocenters. The topological polar surface area (TPSA) is 52.6 Å². The van der Waals surface area contributed by atoms with Crippen molar-refractivity contribution in [2.75, 3.05) is 0 Å². The lowest BCUT2D eigenvalue weighted by Crippen LogP contribution is -2.89. The van der Waals surface area contributed by atoms with Gasteiger partial charge in [-0.15, -0.1) is 5.10 Å². The number of aromatic nitrogens is 6. The zero-order chi connectivity index (χ0) is 29.7. The van der Waals surface area contributed by atoms with Crippen molar-refractivity contribution in [2.24, 2.45) is 0 Å². The lowest BCUT2D eigenvalue weighted by Gasteiger charge is -2.37. The van der Waals surface area contributed by atoms with Crippen LogP contribution in [0.2, 0.25) is 0 Å². The van der Waals surface area contributed by atoms with Crippen LogP contribution >= 0.6 is 0 Å². The number of hydrogen-bond acceptors (Lipinski definition) is 3. The molecule has 13 rings (SSSR count). The molecule has 5 aliphatic rings. The zero-order valence-electron chi connectivity index (χ0n) is 24.5. The highest BCUT2D eigenvalue weighted by Gasteiger charge is 2.73. The number of fused-ring (bicyclic) bond motifs is 10. The second-order valence-corrected chi connectivity index (χ2v) is 16.6. The van der Waals surface area contributed by atoms with Crippen LogP contribution in [0.4, 0.5) is 5.69 Å². The Bertz CT molecular complexity index is 2790. The van der Waals surface area contributed by atoms with Crippen LogP contribution < -0.4 is 39.6 Å². The molecule has 212 valence electrons. The molecule has 9 heteroatoms. The highest BCUT2D eigenvalue weighted by molar-refractivity contribution is 7.23. The molecule has 0 amide bonds. The summed E-state index contributed by atoms with van der Waals surface area (Å²) in [4.78, 5) is 7.48. The van der Waals surface area contributed by atoms with Crippen LogP contribution in [0.1, 0.15) is 5.69 Å². The second kappa shape index (κ2) is 6.84. The molecule has 1 atom stereocenters. The van der Waals surface area contributed by atoms with Gasteiger partial charge in [-0.05, 0) is 52.7 Å². The normalized spacial score (nSPS) is 18.5. The summed E-state index contributed by atoms with van der Waals surface area (Å²) in [6, 6.07) is 38.2. The van der Waals surface area contributed by atoms with Gasteiger partial charge in [-0.25, -0.2) is 4.98 Å². The molecular formula is C37H22N7OSi+3. The third kappa shape index (κ3) is 1.97. The van der Waals surface area contributed by atoms with Crippen LogP contribution in [0, 0.1) is 6.92 Å². The van der Waals surface area contributed by atoms with Gasteiger partial charge in [0.15, 0.2) is 19.8 Å². The van der Waals surface area contributed by atoms with Crippen LogP contribution in [0.15, 0.2) is 116 Å². The van der Waals surface area contributed by atoms with Gasteiger partial charge in [-0.3, -0.25) is 0 Å². The third-order valence-corrected chi connectivity index (χ3v) is 15.9. The van der Waals surface area contributed by atoms with Gasteiger partial charge >= 0.3 is 22.9 Å². The summed E-state index contributed by atoms with van der Waals surface area (Å²) in [5.41, 5.74) is 11.3. The van der Waals surface area contributed by atoms with Gasteiger partial charge in [0.05, 0.1) is 23.3 Å². The zero-order valence-corrected chi connectivity index (χ0v) is 25.5. The van der Waals surface area contributed by atoms with Gasteiger partial charge in [-0.2, -0.15) is 4.57 Å². The van der Waals surface area contributed by atoms with Crippen molar-refractivity contribution >= 4 is 56.6 Å². The van der Waals surface area contributed by atoms with Crippen molar-refractivity contribution in [1.82, 2.24) is 24.3 Å². The van der Waals surface area contributed by atoms with E-state index >= 15 is 0 Å². The largest absolute Gasteiger partial charge is 0.438 e. The average Bonchev–Trinajstić information content (AvgIpc) is 3.81. The summed E-state index contributed by atoms with van der Waals surface area (Å²) in [5, 5.41) is 12.1. The lowest BCUT2D eigenvalue weighted by atomic mass is 10.1. The molecule has 2 spiro atoms. The average molecular weight is 609 g/mol. The number of ether oxygens (including phenoxy) is 1. The molecule has 0 N–H and O–H groups in total. The predicted octanol–water partition coefficient (Wildman–Crippen LogP) is 3.03. The number of hydrogen-bond donors (Lipinski definition) is 0. The van der Waals surface area contributed by atoms with Crippen molar-refractivity contribution < 1.29 is 14.1 Å². The SMILES string of the molecule is Cc1cc2n(n1)[N+]13c4c(ccc5c4-n4c6c(cccc6c6ncc[n+]1c64)[Si]51c4ccccc4-c4ccccc41)Oc1cccc-2[n+]13. The van der Waals surface area contributed by atoms with E-state index in [2.05, 4.69) is 135 Å². The Morgan fingerprint density at radius 2 is 1.59 bits per heavy atom. The summed E-state index contributed by atoms with van der Waals surface area (Å²) >= 11 is 0. The van der Waals surface area contributed by atoms with E-state index in [-0.39, 0.29) is 4.81 Å². The summed E-state index contributed by atoms with van der Waals surface area (Å²) in [6.07, 6.45) is 4.05. The standard InChI is InChI=1S/C37H22N7OSi/c1-21-20-26-25-11-7-15-32-42(25)44(43(26)39-21)36-27(45-32)16-17-31-35(36)41-34-24(33-37(41)40(44)19-18-38-33)10-6-14-30(34)46(31)28-12-4-2-8-22(28)23-9-3-5-13-29(23)46/h2-20H,1H3/q+3. The number of pyridine rings is 1. The molecule has 0 saturated carbocycles. The number of rotatable bonds is 0. The molecule has 8 nitrogen and oxygen atoms in total.